The molecule has 5 heteroatoms. The Kier molecular flexibility index (Phi) is 4.46. The van der Waals surface area contributed by atoms with Gasteiger partial charge in [0, 0.05) is 35.2 Å². The summed E-state index contributed by atoms with van der Waals surface area (Å²) in [6, 6.07) is 16.1. The van der Waals surface area contributed by atoms with E-state index in [1.165, 1.54) is 18.4 Å². The van der Waals surface area contributed by atoms with Crippen LogP contribution in [0.15, 0.2) is 48.5 Å². The van der Waals surface area contributed by atoms with Gasteiger partial charge in [0.25, 0.3) is 0 Å². The fraction of sp³-hybridized carbons (Fsp3) is 0.435. The van der Waals surface area contributed by atoms with E-state index in [0.29, 0.717) is 10.0 Å². The van der Waals surface area contributed by atoms with Crippen molar-refractivity contribution in [2.75, 3.05) is 13.1 Å². The van der Waals surface area contributed by atoms with Crippen molar-refractivity contribution in [3.63, 3.8) is 0 Å². The summed E-state index contributed by atoms with van der Waals surface area (Å²) in [7, 11) is 0. The maximum atomic E-state index is 13.1. The molecule has 146 valence electrons. The molecule has 2 aliphatic carbocycles. The predicted molar refractivity (Wildman–Crippen MR) is 113 cm³/mol. The standard InChI is InChI=1S/C23H24Cl2N2O/c24-18-6-7-19(20(25)10-18)23(8-9-23)21(28)26-15-22-11-17(12-22)14-27(22)13-16-4-2-1-3-5-16/h1-7,10,17H,8-9,11-15H2,(H,26,28). The van der Waals surface area contributed by atoms with Crippen molar-refractivity contribution >= 4 is 29.1 Å². The Morgan fingerprint density at radius 2 is 1.86 bits per heavy atom. The van der Waals surface area contributed by atoms with Gasteiger partial charge in [-0.2, -0.15) is 0 Å². The maximum absolute atomic E-state index is 13.1. The summed E-state index contributed by atoms with van der Waals surface area (Å²) in [5, 5.41) is 4.48. The third-order valence-electron chi connectivity index (χ3n) is 6.91. The SMILES string of the molecule is O=C(NCC12CC(CN1Cc1ccccc1)C2)C1(c2ccc(Cl)cc2Cl)CC1. The third kappa shape index (κ3) is 3.04. The first kappa shape index (κ1) is 18.5. The van der Waals surface area contributed by atoms with Gasteiger partial charge in [-0.25, -0.2) is 0 Å². The van der Waals surface area contributed by atoms with Gasteiger partial charge in [-0.15, -0.1) is 0 Å². The number of amides is 1. The van der Waals surface area contributed by atoms with Gasteiger partial charge in [-0.1, -0.05) is 59.6 Å². The van der Waals surface area contributed by atoms with Gasteiger partial charge in [-0.3, -0.25) is 9.69 Å². The monoisotopic (exact) mass is 414 g/mol. The van der Waals surface area contributed by atoms with E-state index < -0.39 is 5.41 Å². The molecule has 1 amide bonds. The summed E-state index contributed by atoms with van der Waals surface area (Å²) in [5.74, 6) is 0.891. The van der Waals surface area contributed by atoms with E-state index in [1.54, 1.807) is 6.07 Å². The summed E-state index contributed by atoms with van der Waals surface area (Å²) >= 11 is 12.4. The molecule has 0 aromatic heterocycles. The van der Waals surface area contributed by atoms with Gasteiger partial charge in [0.15, 0.2) is 0 Å². The molecule has 6 rings (SSSR count). The predicted octanol–water partition coefficient (Wildman–Crippen LogP) is 4.81. The normalized spacial score (nSPS) is 27.3. The fourth-order valence-corrected chi connectivity index (χ4v) is 5.82. The summed E-state index contributed by atoms with van der Waals surface area (Å²) < 4.78 is 0. The number of hydrogen-bond acceptors (Lipinski definition) is 2. The van der Waals surface area contributed by atoms with E-state index in [9.17, 15) is 4.79 Å². The van der Waals surface area contributed by atoms with Crippen molar-refractivity contribution in [3.05, 3.63) is 69.7 Å². The lowest BCUT2D eigenvalue weighted by atomic mass is 9.73. The first-order valence-corrected chi connectivity index (χ1v) is 10.8. The Bertz CT molecular complexity index is 904. The zero-order chi connectivity index (χ0) is 19.4. The molecule has 2 aromatic carbocycles. The van der Waals surface area contributed by atoms with Crippen LogP contribution in [0.3, 0.4) is 0 Å². The first-order chi connectivity index (χ1) is 13.5. The molecule has 4 fully saturated rings. The molecule has 2 aromatic rings. The summed E-state index contributed by atoms with van der Waals surface area (Å²) in [6.45, 7) is 2.82. The Labute approximate surface area is 176 Å². The van der Waals surface area contributed by atoms with Crippen LogP contribution in [0.5, 0.6) is 0 Å². The van der Waals surface area contributed by atoms with E-state index in [-0.39, 0.29) is 11.4 Å². The number of nitrogens with one attached hydrogen (secondary N) is 1. The van der Waals surface area contributed by atoms with Crippen LogP contribution in [0.25, 0.3) is 0 Å². The summed E-state index contributed by atoms with van der Waals surface area (Å²) in [6.07, 6.45) is 4.08. The second-order valence-corrected chi connectivity index (χ2v) is 9.60. The Hall–Kier alpha value is -1.55. The van der Waals surface area contributed by atoms with Gasteiger partial charge < -0.3 is 5.32 Å². The second kappa shape index (κ2) is 6.76. The van der Waals surface area contributed by atoms with Crippen molar-refractivity contribution in [1.29, 1.82) is 0 Å². The molecular weight excluding hydrogens is 391 g/mol. The molecule has 2 saturated carbocycles. The Balaban J connectivity index is 1.27. The van der Waals surface area contributed by atoms with Crippen LogP contribution in [0, 0.1) is 5.92 Å². The van der Waals surface area contributed by atoms with Crippen molar-refractivity contribution in [2.45, 2.75) is 43.2 Å². The fourth-order valence-electron chi connectivity index (χ4n) is 5.24. The lowest BCUT2D eigenvalue weighted by Gasteiger charge is -2.43. The van der Waals surface area contributed by atoms with Crippen LogP contribution in [0.4, 0.5) is 0 Å². The number of halogens is 2. The van der Waals surface area contributed by atoms with Gasteiger partial charge >= 0.3 is 0 Å². The molecular formula is C23H24Cl2N2O. The van der Waals surface area contributed by atoms with Gasteiger partial charge in [0.2, 0.25) is 5.91 Å². The largest absolute Gasteiger partial charge is 0.353 e. The molecule has 0 unspecified atom stereocenters. The number of fused-ring (bicyclic) bond motifs is 1. The molecule has 28 heavy (non-hydrogen) atoms. The molecule has 2 saturated heterocycles. The van der Waals surface area contributed by atoms with E-state index in [0.717, 1.165) is 44.0 Å². The smallest absolute Gasteiger partial charge is 0.230 e. The number of benzene rings is 2. The van der Waals surface area contributed by atoms with Crippen molar-refractivity contribution in [2.24, 2.45) is 5.92 Å². The highest BCUT2D eigenvalue weighted by molar-refractivity contribution is 6.35. The van der Waals surface area contributed by atoms with Gasteiger partial charge in [-0.05, 0) is 54.9 Å². The number of nitrogens with zero attached hydrogens (tertiary/aromatic N) is 1. The van der Waals surface area contributed by atoms with Crippen LogP contribution in [-0.4, -0.2) is 29.4 Å². The molecule has 0 atom stereocenters. The highest BCUT2D eigenvalue weighted by Crippen LogP contribution is 2.53. The zero-order valence-electron chi connectivity index (χ0n) is 15.8. The molecule has 2 aliphatic heterocycles. The molecule has 2 heterocycles. The van der Waals surface area contributed by atoms with Crippen LogP contribution in [0.2, 0.25) is 10.0 Å². The second-order valence-electron chi connectivity index (χ2n) is 8.75. The highest BCUT2D eigenvalue weighted by Gasteiger charge is 2.57. The first-order valence-electron chi connectivity index (χ1n) is 10.0. The molecule has 1 N–H and O–H groups in total. The van der Waals surface area contributed by atoms with Crippen molar-refractivity contribution < 1.29 is 4.79 Å². The van der Waals surface area contributed by atoms with Crippen LogP contribution in [-0.2, 0) is 16.8 Å². The van der Waals surface area contributed by atoms with Crippen molar-refractivity contribution in [1.82, 2.24) is 10.2 Å². The van der Waals surface area contributed by atoms with Crippen LogP contribution >= 0.6 is 23.2 Å². The van der Waals surface area contributed by atoms with Gasteiger partial charge in [0.1, 0.15) is 0 Å². The number of carbonyl (C=O) groups excluding carboxylic acids is 1. The van der Waals surface area contributed by atoms with E-state index in [1.807, 2.05) is 12.1 Å². The average molecular weight is 415 g/mol. The topological polar surface area (TPSA) is 32.3 Å². The molecule has 0 radical (unpaired) electrons. The lowest BCUT2D eigenvalue weighted by molar-refractivity contribution is -0.124. The Morgan fingerprint density at radius 1 is 1.11 bits per heavy atom. The van der Waals surface area contributed by atoms with E-state index in [2.05, 4.69) is 40.5 Å². The maximum Gasteiger partial charge on any atom is 0.230 e. The highest BCUT2D eigenvalue weighted by atomic mass is 35.5. The van der Waals surface area contributed by atoms with Crippen LogP contribution < -0.4 is 5.32 Å². The average Bonchev–Trinajstić information content (AvgIpc) is 3.29. The van der Waals surface area contributed by atoms with E-state index in [4.69, 9.17) is 23.2 Å². The molecule has 0 spiro atoms. The lowest BCUT2D eigenvalue weighted by Crippen LogP contribution is -2.55. The quantitative estimate of drug-likeness (QED) is 0.735. The summed E-state index contributed by atoms with van der Waals surface area (Å²) in [4.78, 5) is 15.7. The number of rotatable bonds is 6. The summed E-state index contributed by atoms with van der Waals surface area (Å²) in [5.41, 5.74) is 1.90. The molecule has 4 aliphatic rings. The Morgan fingerprint density at radius 3 is 2.54 bits per heavy atom. The number of carbonyl (C=O) groups is 1. The van der Waals surface area contributed by atoms with Crippen LogP contribution in [0.1, 0.15) is 36.8 Å². The van der Waals surface area contributed by atoms with E-state index >= 15 is 0 Å². The third-order valence-corrected chi connectivity index (χ3v) is 7.46. The molecule has 3 nitrogen and oxygen atoms in total. The minimum Gasteiger partial charge on any atom is -0.353 e. The van der Waals surface area contributed by atoms with Gasteiger partial charge in [0.05, 0.1) is 5.41 Å². The zero-order valence-corrected chi connectivity index (χ0v) is 17.3. The minimum absolute atomic E-state index is 0.112. The van der Waals surface area contributed by atoms with Crippen molar-refractivity contribution in [3.8, 4) is 0 Å². The molecule has 2 bridgehead atoms. The number of hydrogen-bond donors (Lipinski definition) is 1. The minimum atomic E-state index is -0.468.